The third kappa shape index (κ3) is 4.95. The Balaban J connectivity index is 1.36. The molecule has 2 aromatic rings. The van der Waals surface area contributed by atoms with Crippen LogP contribution >= 0.6 is 0 Å². The first-order chi connectivity index (χ1) is 15.5. The van der Waals surface area contributed by atoms with Crippen LogP contribution in [0.3, 0.4) is 0 Å². The van der Waals surface area contributed by atoms with Crippen LogP contribution < -0.4 is 10.1 Å². The first-order valence-electron chi connectivity index (χ1n) is 11.2. The number of anilines is 1. The minimum Gasteiger partial charge on any atom is -0.481 e. The highest BCUT2D eigenvalue weighted by molar-refractivity contribution is 5.78. The van der Waals surface area contributed by atoms with Crippen LogP contribution in [0.15, 0.2) is 36.5 Å². The maximum Gasteiger partial charge on any atom is 0.320 e. The fourth-order valence-corrected chi connectivity index (χ4v) is 4.52. The summed E-state index contributed by atoms with van der Waals surface area (Å²) in [6.45, 7) is 2.78. The summed E-state index contributed by atoms with van der Waals surface area (Å²) >= 11 is 0. The molecule has 0 spiro atoms. The Morgan fingerprint density at radius 3 is 2.91 bits per heavy atom. The lowest BCUT2D eigenvalue weighted by atomic mass is 9.99. The highest BCUT2D eigenvalue weighted by Gasteiger charge is 2.35. The molecule has 2 aliphatic heterocycles. The van der Waals surface area contributed by atoms with Gasteiger partial charge in [-0.2, -0.15) is 0 Å². The number of carbonyl (C=O) groups is 2. The summed E-state index contributed by atoms with van der Waals surface area (Å²) in [5, 5.41) is 12.9. The number of aryl methyl sites for hydroxylation is 2. The molecule has 2 aliphatic rings. The third-order valence-electron chi connectivity index (χ3n) is 6.23. The predicted octanol–water partition coefficient (Wildman–Crippen LogP) is 3.33. The largest absolute Gasteiger partial charge is 0.481 e. The van der Waals surface area contributed by atoms with Crippen LogP contribution in [-0.2, 0) is 17.6 Å². The van der Waals surface area contributed by atoms with Crippen LogP contribution in [0.25, 0.3) is 0 Å². The number of pyridine rings is 1. The van der Waals surface area contributed by atoms with Crippen LogP contribution in [0, 0.1) is 0 Å². The van der Waals surface area contributed by atoms with E-state index in [1.165, 1.54) is 30.3 Å². The number of nitrogens with zero attached hydrogens (tertiary/aromatic N) is 3. The van der Waals surface area contributed by atoms with E-state index in [9.17, 15) is 14.7 Å². The molecule has 1 aromatic heterocycles. The first kappa shape index (κ1) is 21.9. The Bertz CT molecular complexity index is 963. The zero-order chi connectivity index (χ0) is 22.5. The summed E-state index contributed by atoms with van der Waals surface area (Å²) in [5.74, 6) is -0.493. The minimum atomic E-state index is -0.946. The van der Waals surface area contributed by atoms with Crippen molar-refractivity contribution in [3.8, 4) is 5.88 Å². The van der Waals surface area contributed by atoms with E-state index in [0.717, 1.165) is 25.8 Å². The van der Waals surface area contributed by atoms with Crippen molar-refractivity contribution in [1.29, 1.82) is 0 Å². The maximum absolute atomic E-state index is 13.1. The van der Waals surface area contributed by atoms with Crippen molar-refractivity contribution < 1.29 is 19.4 Å². The fourth-order valence-electron chi connectivity index (χ4n) is 4.52. The van der Waals surface area contributed by atoms with Crippen LogP contribution in [0.2, 0.25) is 0 Å². The Morgan fingerprint density at radius 2 is 2.16 bits per heavy atom. The highest BCUT2D eigenvalue weighted by Crippen LogP contribution is 2.29. The summed E-state index contributed by atoms with van der Waals surface area (Å²) in [4.78, 5) is 32.2. The Labute approximate surface area is 188 Å². The second kappa shape index (κ2) is 9.89. The van der Waals surface area contributed by atoms with Gasteiger partial charge in [0.05, 0.1) is 19.6 Å². The number of rotatable bonds is 9. The van der Waals surface area contributed by atoms with E-state index >= 15 is 0 Å². The van der Waals surface area contributed by atoms with Gasteiger partial charge < -0.3 is 25.0 Å². The van der Waals surface area contributed by atoms with E-state index in [-0.39, 0.29) is 12.5 Å². The molecular formula is C24H30N4O4. The van der Waals surface area contributed by atoms with Crippen molar-refractivity contribution >= 4 is 17.7 Å². The van der Waals surface area contributed by atoms with Crippen LogP contribution in [0.1, 0.15) is 42.0 Å². The number of urea groups is 1. The Morgan fingerprint density at radius 1 is 1.28 bits per heavy atom. The number of amides is 2. The molecule has 1 fully saturated rings. The van der Waals surface area contributed by atoms with Crippen molar-refractivity contribution in [2.75, 3.05) is 38.6 Å². The molecule has 1 unspecified atom stereocenters. The lowest BCUT2D eigenvalue weighted by molar-refractivity contribution is -0.138. The average molecular weight is 439 g/mol. The van der Waals surface area contributed by atoms with Crippen molar-refractivity contribution in [3.63, 3.8) is 0 Å². The van der Waals surface area contributed by atoms with Gasteiger partial charge in [-0.1, -0.05) is 18.2 Å². The summed E-state index contributed by atoms with van der Waals surface area (Å²) in [5.41, 5.74) is 4.59. The van der Waals surface area contributed by atoms with Gasteiger partial charge in [0.25, 0.3) is 0 Å². The van der Waals surface area contributed by atoms with E-state index in [0.29, 0.717) is 31.1 Å². The van der Waals surface area contributed by atoms with Crippen LogP contribution in [-0.4, -0.2) is 65.2 Å². The normalized spacial score (nSPS) is 16.5. The molecule has 1 aromatic carbocycles. The molecule has 170 valence electrons. The number of aliphatic carboxylic acids is 1. The summed E-state index contributed by atoms with van der Waals surface area (Å²) in [6, 6.07) is 9.43. The molecule has 1 saturated heterocycles. The van der Waals surface area contributed by atoms with E-state index in [1.54, 1.807) is 23.2 Å². The van der Waals surface area contributed by atoms with Crippen molar-refractivity contribution in [2.24, 2.45) is 0 Å². The zero-order valence-electron chi connectivity index (χ0n) is 18.4. The van der Waals surface area contributed by atoms with Crippen LogP contribution in [0.4, 0.5) is 10.5 Å². The standard InChI is InChI=1S/C24H30N4O4/c1-32-22-9-8-19(16-26-22)21(15-23(29)30)28-13-12-27(24(28)31)11-3-4-17-6-7-18-5-2-10-25-20(18)14-17/h6-9,14,16,21,25H,2-5,10-13,15H2,1H3,(H,29,30). The number of benzene rings is 1. The molecule has 0 saturated carbocycles. The number of methoxy groups -OCH3 is 1. The Kier molecular flexibility index (Phi) is 6.78. The van der Waals surface area contributed by atoms with Crippen molar-refractivity contribution in [2.45, 2.75) is 38.1 Å². The number of carboxylic acid groups (broad SMARTS) is 1. The van der Waals surface area contributed by atoms with Crippen molar-refractivity contribution in [1.82, 2.24) is 14.8 Å². The summed E-state index contributed by atoms with van der Waals surface area (Å²) < 4.78 is 5.08. The average Bonchev–Trinajstić information content (AvgIpc) is 3.17. The van der Waals surface area contributed by atoms with Gasteiger partial charge in [0.1, 0.15) is 0 Å². The molecule has 8 nitrogen and oxygen atoms in total. The number of aromatic nitrogens is 1. The molecule has 0 radical (unpaired) electrons. The molecular weight excluding hydrogens is 408 g/mol. The van der Waals surface area contributed by atoms with Gasteiger partial charge in [-0.15, -0.1) is 0 Å². The summed E-state index contributed by atoms with van der Waals surface area (Å²) in [7, 11) is 1.53. The van der Waals surface area contributed by atoms with Gasteiger partial charge in [-0.25, -0.2) is 9.78 Å². The summed E-state index contributed by atoms with van der Waals surface area (Å²) in [6.07, 6.45) is 5.51. The predicted molar refractivity (Wildman–Crippen MR) is 121 cm³/mol. The van der Waals surface area contributed by atoms with Crippen LogP contribution in [0.5, 0.6) is 5.88 Å². The lowest BCUT2D eigenvalue weighted by Gasteiger charge is -2.27. The molecule has 1 atom stereocenters. The molecule has 3 heterocycles. The number of carboxylic acids is 1. The van der Waals surface area contributed by atoms with Gasteiger partial charge in [0.2, 0.25) is 5.88 Å². The minimum absolute atomic E-state index is 0.112. The first-order valence-corrected chi connectivity index (χ1v) is 11.2. The van der Waals surface area contributed by atoms with Gasteiger partial charge in [-0.3, -0.25) is 4.79 Å². The number of hydrogen-bond acceptors (Lipinski definition) is 5. The van der Waals surface area contributed by atoms with Gasteiger partial charge in [0.15, 0.2) is 0 Å². The molecule has 2 amide bonds. The molecule has 4 rings (SSSR count). The van der Waals surface area contributed by atoms with E-state index in [4.69, 9.17) is 4.74 Å². The second-order valence-corrected chi connectivity index (χ2v) is 8.34. The number of carbonyl (C=O) groups excluding carboxylic acids is 1. The molecule has 8 heteroatoms. The van der Waals surface area contributed by atoms with Gasteiger partial charge in [-0.05, 0) is 48.4 Å². The second-order valence-electron chi connectivity index (χ2n) is 8.34. The topological polar surface area (TPSA) is 95.0 Å². The lowest BCUT2D eigenvalue weighted by Crippen LogP contribution is -2.36. The SMILES string of the molecule is COc1ccc(C(CC(=O)O)N2CCN(CCCc3ccc4c(c3)NCCC4)C2=O)cn1. The Hall–Kier alpha value is -3.29. The van der Waals surface area contributed by atoms with E-state index < -0.39 is 12.0 Å². The van der Waals surface area contributed by atoms with Crippen molar-refractivity contribution in [3.05, 3.63) is 53.2 Å². The zero-order valence-corrected chi connectivity index (χ0v) is 18.4. The molecule has 2 N–H and O–H groups in total. The number of fused-ring (bicyclic) bond motifs is 1. The smallest absolute Gasteiger partial charge is 0.320 e. The quantitative estimate of drug-likeness (QED) is 0.624. The molecule has 0 bridgehead atoms. The number of hydrogen-bond donors (Lipinski definition) is 2. The van der Waals surface area contributed by atoms with Gasteiger partial charge in [0, 0.05) is 44.1 Å². The molecule has 32 heavy (non-hydrogen) atoms. The van der Waals surface area contributed by atoms with E-state index in [1.807, 2.05) is 4.90 Å². The fraction of sp³-hybridized carbons (Fsp3) is 0.458. The monoisotopic (exact) mass is 438 g/mol. The third-order valence-corrected chi connectivity index (χ3v) is 6.23. The highest BCUT2D eigenvalue weighted by atomic mass is 16.5. The van der Waals surface area contributed by atoms with Gasteiger partial charge >= 0.3 is 12.0 Å². The number of ether oxygens (including phenoxy) is 1. The maximum atomic E-state index is 13.1. The molecule has 0 aliphatic carbocycles. The number of nitrogens with one attached hydrogen (secondary N) is 1. The van der Waals surface area contributed by atoms with E-state index in [2.05, 4.69) is 28.5 Å².